The van der Waals surface area contributed by atoms with Crippen molar-refractivity contribution in [3.8, 4) is 0 Å². The Bertz CT molecular complexity index is 876. The summed E-state index contributed by atoms with van der Waals surface area (Å²) >= 11 is 0. The Morgan fingerprint density at radius 1 is 1.42 bits per heavy atom. The van der Waals surface area contributed by atoms with Crippen LogP contribution in [0.4, 0.5) is 10.3 Å². The highest BCUT2D eigenvalue weighted by Crippen LogP contribution is 2.56. The fourth-order valence-corrected chi connectivity index (χ4v) is 3.28. The lowest BCUT2D eigenvalue weighted by Gasteiger charge is -2.39. The molecule has 1 aliphatic rings. The van der Waals surface area contributed by atoms with E-state index in [0.29, 0.717) is 0 Å². The fourth-order valence-electron chi connectivity index (χ4n) is 3.28. The molecule has 2 aromatic rings. The van der Waals surface area contributed by atoms with E-state index in [0.717, 1.165) is 6.92 Å². The lowest BCUT2D eigenvalue weighted by Crippen LogP contribution is -2.60. The van der Waals surface area contributed by atoms with Gasteiger partial charge in [0.25, 0.3) is 5.56 Å². The van der Waals surface area contributed by atoms with Crippen LogP contribution in [0.5, 0.6) is 0 Å². The molecule has 0 saturated carbocycles. The summed E-state index contributed by atoms with van der Waals surface area (Å²) in [6.45, 7) is 4.60. The molecule has 1 aliphatic heterocycles. The van der Waals surface area contributed by atoms with Crippen LogP contribution in [0.15, 0.2) is 11.1 Å². The molecule has 0 radical (unpaired) electrons. The van der Waals surface area contributed by atoms with Crippen molar-refractivity contribution < 1.29 is 19.3 Å². The zero-order valence-corrected chi connectivity index (χ0v) is 13.8. The minimum atomic E-state index is -2.36. The predicted octanol–water partition coefficient (Wildman–Crippen LogP) is -0.365. The van der Waals surface area contributed by atoms with Gasteiger partial charge in [-0.25, -0.2) is 9.37 Å². The van der Waals surface area contributed by atoms with E-state index in [1.165, 1.54) is 31.7 Å². The van der Waals surface area contributed by atoms with Crippen molar-refractivity contribution in [1.29, 1.82) is 0 Å². The van der Waals surface area contributed by atoms with Crippen LogP contribution in [-0.2, 0) is 10.5 Å². The summed E-state index contributed by atoms with van der Waals surface area (Å²) in [6.07, 6.45) is 1.20. The van der Waals surface area contributed by atoms with Crippen molar-refractivity contribution in [2.75, 3.05) is 12.3 Å². The number of nitrogen functional groups attached to an aromatic ring is 1. The number of nitrogens with zero attached hydrogens (tertiary/aromatic N) is 3. The summed E-state index contributed by atoms with van der Waals surface area (Å²) in [5.74, 6) is -0.159. The van der Waals surface area contributed by atoms with Gasteiger partial charge < -0.3 is 20.7 Å². The number of imidazole rings is 1. The van der Waals surface area contributed by atoms with Gasteiger partial charge in [0.15, 0.2) is 22.6 Å². The van der Waals surface area contributed by atoms with Crippen LogP contribution >= 0.6 is 0 Å². The van der Waals surface area contributed by atoms with E-state index in [1.54, 1.807) is 0 Å². The number of hydrogen-bond acceptors (Lipinski definition) is 7. The second kappa shape index (κ2) is 4.52. The van der Waals surface area contributed by atoms with Gasteiger partial charge in [0, 0.05) is 0 Å². The largest absolute Gasteiger partial charge is 0.393 e. The first-order valence-electron chi connectivity index (χ1n) is 7.37. The maximum absolute atomic E-state index is 15.7. The average Bonchev–Trinajstić information content (AvgIpc) is 2.94. The minimum absolute atomic E-state index is 0.0145. The van der Waals surface area contributed by atoms with Gasteiger partial charge in [0.1, 0.15) is 11.2 Å². The van der Waals surface area contributed by atoms with Crippen LogP contribution in [0.2, 0.25) is 0 Å². The topological polar surface area (TPSA) is 139 Å². The first kappa shape index (κ1) is 16.8. The number of fused-ring (bicyclic) bond motifs is 1. The van der Waals surface area contributed by atoms with Crippen LogP contribution in [0.25, 0.3) is 11.2 Å². The highest BCUT2D eigenvalue weighted by atomic mass is 19.1. The predicted molar refractivity (Wildman–Crippen MR) is 82.9 cm³/mol. The highest BCUT2D eigenvalue weighted by molar-refractivity contribution is 5.71. The summed E-state index contributed by atoms with van der Waals surface area (Å²) in [5.41, 5.74) is -2.81. The number of halogens is 1. The van der Waals surface area contributed by atoms with Gasteiger partial charge in [0.05, 0.1) is 12.9 Å². The molecule has 9 nitrogen and oxygen atoms in total. The minimum Gasteiger partial charge on any atom is -0.393 e. The monoisotopic (exact) mass is 341 g/mol. The maximum Gasteiger partial charge on any atom is 0.280 e. The molecule has 0 amide bonds. The van der Waals surface area contributed by atoms with Gasteiger partial charge in [-0.1, -0.05) is 0 Å². The quantitative estimate of drug-likeness (QED) is 0.584. The molecule has 10 heteroatoms. The van der Waals surface area contributed by atoms with E-state index < -0.39 is 34.8 Å². The fraction of sp³-hybridized carbons (Fsp3) is 0.643. The SMILES string of the molecule is CC1(CO)O[C@@](C)(n2cnc3c(=O)[nH]c(N)nc32)C(C)(F)C1(C)O. The molecule has 3 unspecified atom stereocenters. The first-order valence-corrected chi connectivity index (χ1v) is 7.37. The summed E-state index contributed by atoms with van der Waals surface area (Å²) in [4.78, 5) is 22.2. The molecular formula is C14H20FN5O4. The third kappa shape index (κ3) is 1.70. The molecule has 0 aliphatic carbocycles. The number of hydrogen-bond donors (Lipinski definition) is 4. The molecule has 3 heterocycles. The van der Waals surface area contributed by atoms with Crippen molar-refractivity contribution in [2.45, 2.75) is 50.3 Å². The molecule has 1 saturated heterocycles. The molecule has 1 fully saturated rings. The van der Waals surface area contributed by atoms with Crippen LogP contribution in [0.3, 0.4) is 0 Å². The van der Waals surface area contributed by atoms with Crippen LogP contribution in [-0.4, -0.2) is 53.2 Å². The number of aliphatic hydroxyl groups is 2. The van der Waals surface area contributed by atoms with Crippen molar-refractivity contribution in [2.24, 2.45) is 0 Å². The van der Waals surface area contributed by atoms with E-state index in [2.05, 4.69) is 15.0 Å². The summed E-state index contributed by atoms with van der Waals surface area (Å²) < 4.78 is 22.7. The van der Waals surface area contributed by atoms with Gasteiger partial charge in [0.2, 0.25) is 5.95 Å². The van der Waals surface area contributed by atoms with Crippen molar-refractivity contribution in [3.05, 3.63) is 16.7 Å². The number of aliphatic hydroxyl groups excluding tert-OH is 1. The second-order valence-electron chi connectivity index (χ2n) is 6.79. The van der Waals surface area contributed by atoms with E-state index in [-0.39, 0.29) is 17.1 Å². The Kier molecular flexibility index (Phi) is 3.17. The number of aromatic amines is 1. The molecule has 0 spiro atoms. The Hall–Kier alpha value is -2.04. The van der Waals surface area contributed by atoms with E-state index in [1.807, 2.05) is 0 Å². The Morgan fingerprint density at radius 2 is 2.04 bits per heavy atom. The number of nitrogens with two attached hydrogens (primary N) is 1. The van der Waals surface area contributed by atoms with Crippen molar-refractivity contribution in [3.63, 3.8) is 0 Å². The van der Waals surface area contributed by atoms with Gasteiger partial charge >= 0.3 is 0 Å². The molecule has 4 atom stereocenters. The van der Waals surface area contributed by atoms with Crippen molar-refractivity contribution >= 4 is 17.1 Å². The van der Waals surface area contributed by atoms with Gasteiger partial charge in [-0.15, -0.1) is 0 Å². The molecular weight excluding hydrogens is 321 g/mol. The molecule has 3 rings (SSSR count). The zero-order chi connectivity index (χ0) is 18.1. The second-order valence-corrected chi connectivity index (χ2v) is 6.79. The number of H-pyrrole nitrogens is 1. The normalized spacial score (nSPS) is 39.6. The molecule has 0 bridgehead atoms. The van der Waals surface area contributed by atoms with Crippen LogP contribution in [0.1, 0.15) is 27.7 Å². The van der Waals surface area contributed by atoms with Crippen LogP contribution < -0.4 is 11.3 Å². The molecule has 132 valence electrons. The summed E-state index contributed by atoms with van der Waals surface area (Å²) in [5, 5.41) is 20.4. The first-order chi connectivity index (χ1) is 10.9. The van der Waals surface area contributed by atoms with Gasteiger partial charge in [-0.2, -0.15) is 4.98 Å². The summed E-state index contributed by atoms with van der Waals surface area (Å²) in [6, 6.07) is 0. The number of aromatic nitrogens is 4. The molecule has 5 N–H and O–H groups in total. The lowest BCUT2D eigenvalue weighted by atomic mass is 9.74. The third-order valence-electron chi connectivity index (χ3n) is 5.43. The third-order valence-corrected chi connectivity index (χ3v) is 5.43. The van der Waals surface area contributed by atoms with Crippen molar-refractivity contribution in [1.82, 2.24) is 19.5 Å². The number of ether oxygens (including phenoxy) is 1. The number of rotatable bonds is 2. The van der Waals surface area contributed by atoms with E-state index in [4.69, 9.17) is 10.5 Å². The Labute approximate surface area is 136 Å². The molecule has 24 heavy (non-hydrogen) atoms. The molecule has 0 aromatic carbocycles. The van der Waals surface area contributed by atoms with E-state index >= 15 is 4.39 Å². The average molecular weight is 341 g/mol. The Morgan fingerprint density at radius 3 is 2.58 bits per heavy atom. The summed E-state index contributed by atoms with van der Waals surface area (Å²) in [7, 11) is 0. The highest BCUT2D eigenvalue weighted by Gasteiger charge is 2.74. The Balaban J connectivity index is 2.32. The lowest BCUT2D eigenvalue weighted by molar-refractivity contribution is -0.181. The van der Waals surface area contributed by atoms with E-state index in [9.17, 15) is 15.0 Å². The number of alkyl halides is 1. The standard InChI is InChI=1S/C14H20FN5O4/c1-11(5-21)13(3,23)12(2,15)14(4,24-11)20-6-17-7-8(20)18-10(16)19-9(7)22/h6,21,23H,5H2,1-4H3,(H3,16,18,19,22)/t11?,12?,13?,14-/m1/s1. The molecule has 2 aromatic heterocycles. The number of anilines is 1. The zero-order valence-electron chi connectivity index (χ0n) is 13.8. The smallest absolute Gasteiger partial charge is 0.280 e. The van der Waals surface area contributed by atoms with Crippen LogP contribution in [0, 0.1) is 0 Å². The van der Waals surface area contributed by atoms with Gasteiger partial charge in [-0.3, -0.25) is 14.3 Å². The van der Waals surface area contributed by atoms with Gasteiger partial charge in [-0.05, 0) is 27.7 Å². The number of nitrogens with one attached hydrogen (secondary N) is 1. The maximum atomic E-state index is 15.7.